The van der Waals surface area contributed by atoms with E-state index >= 15 is 0 Å². The van der Waals surface area contributed by atoms with Gasteiger partial charge in [-0.25, -0.2) is 9.97 Å². The first-order valence-corrected chi connectivity index (χ1v) is 8.18. The van der Waals surface area contributed by atoms with Gasteiger partial charge < -0.3 is 9.64 Å². The zero-order valence-corrected chi connectivity index (χ0v) is 14.3. The third kappa shape index (κ3) is 3.22. The number of carbonyl (C=O) groups excluding carboxylic acids is 1. The summed E-state index contributed by atoms with van der Waals surface area (Å²) in [5.41, 5.74) is 2.95. The Labute approximate surface area is 141 Å². The molecule has 0 spiro atoms. The van der Waals surface area contributed by atoms with Crippen molar-refractivity contribution >= 4 is 11.8 Å². The van der Waals surface area contributed by atoms with Crippen LogP contribution in [0.5, 0.6) is 0 Å². The molecule has 0 aromatic carbocycles. The second-order valence-corrected chi connectivity index (χ2v) is 6.13. The first-order valence-electron chi connectivity index (χ1n) is 8.18. The second kappa shape index (κ2) is 6.95. The Bertz CT molecular complexity index is 733. The van der Waals surface area contributed by atoms with Crippen molar-refractivity contribution in [2.75, 3.05) is 25.1 Å². The van der Waals surface area contributed by atoms with Gasteiger partial charge in [0.25, 0.3) is 0 Å². The number of methoxy groups -OCH3 is 1. The van der Waals surface area contributed by atoms with Gasteiger partial charge in [0.2, 0.25) is 0 Å². The molecule has 6 heteroatoms. The van der Waals surface area contributed by atoms with Crippen molar-refractivity contribution in [3.8, 4) is 11.4 Å². The van der Waals surface area contributed by atoms with Crippen molar-refractivity contribution in [3.05, 3.63) is 35.8 Å². The van der Waals surface area contributed by atoms with E-state index in [1.54, 1.807) is 12.4 Å². The van der Waals surface area contributed by atoms with Crippen LogP contribution in [0.3, 0.4) is 0 Å². The van der Waals surface area contributed by atoms with E-state index in [-0.39, 0.29) is 11.9 Å². The van der Waals surface area contributed by atoms with E-state index in [9.17, 15) is 4.79 Å². The molecule has 0 amide bonds. The summed E-state index contributed by atoms with van der Waals surface area (Å²) in [6, 6.07) is 3.81. The standard InChI is InChI=1S/C18H22N4O2/c1-12-13(2)20-16(14-6-8-19-9-7-14)21-17(12)22-10-4-5-15(11-22)18(23)24-3/h6-9,15H,4-5,10-11H2,1-3H3/t15-/m1/s1. The van der Waals surface area contributed by atoms with Crippen molar-refractivity contribution in [2.24, 2.45) is 5.92 Å². The fourth-order valence-corrected chi connectivity index (χ4v) is 3.08. The Morgan fingerprint density at radius 2 is 2.00 bits per heavy atom. The monoisotopic (exact) mass is 326 g/mol. The van der Waals surface area contributed by atoms with Crippen LogP contribution in [-0.2, 0) is 9.53 Å². The topological polar surface area (TPSA) is 68.2 Å². The lowest BCUT2D eigenvalue weighted by Crippen LogP contribution is -2.40. The maximum absolute atomic E-state index is 11.9. The number of pyridine rings is 1. The molecular weight excluding hydrogens is 304 g/mol. The smallest absolute Gasteiger partial charge is 0.310 e. The Morgan fingerprint density at radius 3 is 2.71 bits per heavy atom. The number of aromatic nitrogens is 3. The third-order valence-corrected chi connectivity index (χ3v) is 4.56. The van der Waals surface area contributed by atoms with E-state index < -0.39 is 0 Å². The SMILES string of the molecule is COC(=O)[C@@H]1CCCN(c2nc(-c3ccncc3)nc(C)c2C)C1. The van der Waals surface area contributed by atoms with Gasteiger partial charge in [0, 0.05) is 42.3 Å². The lowest BCUT2D eigenvalue weighted by molar-refractivity contribution is -0.145. The fraction of sp³-hybridized carbons (Fsp3) is 0.444. The van der Waals surface area contributed by atoms with Crippen LogP contribution in [0.25, 0.3) is 11.4 Å². The molecule has 0 unspecified atom stereocenters. The molecule has 0 aliphatic carbocycles. The fourth-order valence-electron chi connectivity index (χ4n) is 3.08. The number of hydrogen-bond donors (Lipinski definition) is 0. The zero-order chi connectivity index (χ0) is 17.1. The van der Waals surface area contributed by atoms with E-state index in [1.165, 1.54) is 7.11 Å². The quantitative estimate of drug-likeness (QED) is 0.808. The molecule has 3 heterocycles. The number of esters is 1. The Hall–Kier alpha value is -2.50. The summed E-state index contributed by atoms with van der Waals surface area (Å²) >= 11 is 0. The number of piperidine rings is 1. The first-order chi connectivity index (χ1) is 11.6. The van der Waals surface area contributed by atoms with E-state index in [0.717, 1.165) is 42.0 Å². The van der Waals surface area contributed by atoms with Crippen LogP contribution in [0.15, 0.2) is 24.5 Å². The summed E-state index contributed by atoms with van der Waals surface area (Å²) in [4.78, 5) is 27.5. The highest BCUT2D eigenvalue weighted by Crippen LogP contribution is 2.28. The summed E-state index contributed by atoms with van der Waals surface area (Å²) in [6.45, 7) is 5.55. The molecule has 0 saturated carbocycles. The first kappa shape index (κ1) is 16.4. The van der Waals surface area contributed by atoms with Gasteiger partial charge in [-0.2, -0.15) is 0 Å². The maximum Gasteiger partial charge on any atom is 0.310 e. The molecule has 3 rings (SSSR count). The highest BCUT2D eigenvalue weighted by molar-refractivity contribution is 5.73. The van der Waals surface area contributed by atoms with E-state index in [4.69, 9.17) is 9.72 Å². The summed E-state index contributed by atoms with van der Waals surface area (Å²) in [5.74, 6) is 1.36. The van der Waals surface area contributed by atoms with Gasteiger partial charge >= 0.3 is 5.97 Å². The van der Waals surface area contributed by atoms with E-state index in [0.29, 0.717) is 12.4 Å². The molecule has 1 atom stereocenters. The molecule has 0 N–H and O–H groups in total. The van der Waals surface area contributed by atoms with Crippen LogP contribution in [0, 0.1) is 19.8 Å². The Balaban J connectivity index is 1.95. The molecule has 1 saturated heterocycles. The molecule has 0 radical (unpaired) electrons. The lowest BCUT2D eigenvalue weighted by Gasteiger charge is -2.33. The largest absolute Gasteiger partial charge is 0.469 e. The van der Waals surface area contributed by atoms with Crippen molar-refractivity contribution in [1.82, 2.24) is 15.0 Å². The molecule has 1 fully saturated rings. The average Bonchev–Trinajstić information content (AvgIpc) is 2.64. The van der Waals surface area contributed by atoms with E-state index in [1.807, 2.05) is 26.0 Å². The molecule has 24 heavy (non-hydrogen) atoms. The van der Waals surface area contributed by atoms with Gasteiger partial charge in [-0.05, 0) is 38.8 Å². The van der Waals surface area contributed by atoms with Crippen molar-refractivity contribution in [2.45, 2.75) is 26.7 Å². The Morgan fingerprint density at radius 1 is 1.25 bits per heavy atom. The van der Waals surface area contributed by atoms with Crippen LogP contribution < -0.4 is 4.90 Å². The van der Waals surface area contributed by atoms with Gasteiger partial charge in [-0.1, -0.05) is 0 Å². The number of rotatable bonds is 3. The van der Waals surface area contributed by atoms with Gasteiger partial charge in [-0.3, -0.25) is 9.78 Å². The van der Waals surface area contributed by atoms with Crippen LogP contribution in [0.2, 0.25) is 0 Å². The van der Waals surface area contributed by atoms with Gasteiger partial charge in [0.1, 0.15) is 5.82 Å². The third-order valence-electron chi connectivity index (χ3n) is 4.56. The maximum atomic E-state index is 11.9. The number of carbonyl (C=O) groups is 1. The number of ether oxygens (including phenoxy) is 1. The summed E-state index contributed by atoms with van der Waals surface area (Å²) in [5, 5.41) is 0. The van der Waals surface area contributed by atoms with E-state index in [2.05, 4.69) is 14.9 Å². The minimum absolute atomic E-state index is 0.0946. The second-order valence-electron chi connectivity index (χ2n) is 6.13. The molecule has 2 aromatic rings. The highest BCUT2D eigenvalue weighted by atomic mass is 16.5. The minimum Gasteiger partial charge on any atom is -0.469 e. The number of nitrogens with zero attached hydrogens (tertiary/aromatic N) is 4. The molecule has 0 bridgehead atoms. The molecule has 6 nitrogen and oxygen atoms in total. The van der Waals surface area contributed by atoms with Gasteiger partial charge in [-0.15, -0.1) is 0 Å². The average molecular weight is 326 g/mol. The molecule has 1 aliphatic rings. The minimum atomic E-state index is -0.141. The number of anilines is 1. The zero-order valence-electron chi connectivity index (χ0n) is 14.3. The predicted molar refractivity (Wildman–Crippen MR) is 91.7 cm³/mol. The number of aryl methyl sites for hydroxylation is 1. The van der Waals surface area contributed by atoms with Crippen LogP contribution >= 0.6 is 0 Å². The van der Waals surface area contributed by atoms with Crippen LogP contribution in [-0.4, -0.2) is 41.1 Å². The van der Waals surface area contributed by atoms with Crippen LogP contribution in [0.1, 0.15) is 24.1 Å². The van der Waals surface area contributed by atoms with Crippen molar-refractivity contribution in [3.63, 3.8) is 0 Å². The summed E-state index contributed by atoms with van der Waals surface area (Å²) in [6.07, 6.45) is 5.29. The predicted octanol–water partition coefficient (Wildman–Crippen LogP) is 2.54. The van der Waals surface area contributed by atoms with Crippen molar-refractivity contribution < 1.29 is 9.53 Å². The molecule has 2 aromatic heterocycles. The molecular formula is C18H22N4O2. The van der Waals surface area contributed by atoms with Crippen molar-refractivity contribution in [1.29, 1.82) is 0 Å². The summed E-state index contributed by atoms with van der Waals surface area (Å²) < 4.78 is 4.92. The lowest BCUT2D eigenvalue weighted by atomic mass is 9.98. The van der Waals surface area contributed by atoms with Gasteiger partial charge in [0.15, 0.2) is 5.82 Å². The molecule has 126 valence electrons. The van der Waals surface area contributed by atoms with Gasteiger partial charge in [0.05, 0.1) is 13.0 Å². The number of hydrogen-bond acceptors (Lipinski definition) is 6. The Kier molecular flexibility index (Phi) is 4.74. The summed E-state index contributed by atoms with van der Waals surface area (Å²) in [7, 11) is 1.45. The molecule has 1 aliphatic heterocycles. The highest BCUT2D eigenvalue weighted by Gasteiger charge is 2.28. The van der Waals surface area contributed by atoms with Crippen LogP contribution in [0.4, 0.5) is 5.82 Å². The normalized spacial score (nSPS) is 17.6.